The van der Waals surface area contributed by atoms with Gasteiger partial charge in [-0.05, 0) is 63.3 Å². The molecule has 18 heavy (non-hydrogen) atoms. The molecule has 0 spiro atoms. The topological polar surface area (TPSA) is 27.1 Å². The van der Waals surface area contributed by atoms with Crippen molar-refractivity contribution in [3.8, 4) is 0 Å². The standard InChI is InChI=1S/C13H19IN2OS/c1-8(17-13(3,4)5)7-16-10-6-9(2)18-11(10)12(14)15-16/h6,8H,7H2,1-5H3. The van der Waals surface area contributed by atoms with Gasteiger partial charge in [0.25, 0.3) is 0 Å². The van der Waals surface area contributed by atoms with Gasteiger partial charge in [-0.25, -0.2) is 0 Å². The molecule has 2 aromatic rings. The molecule has 0 aromatic carbocycles. The van der Waals surface area contributed by atoms with Crippen molar-refractivity contribution in [1.82, 2.24) is 9.78 Å². The number of aryl methyl sites for hydroxylation is 1. The Hall–Kier alpha value is -0.140. The van der Waals surface area contributed by atoms with Crippen molar-refractivity contribution < 1.29 is 4.74 Å². The molecule has 2 rings (SSSR count). The number of rotatable bonds is 3. The molecule has 0 radical (unpaired) electrons. The van der Waals surface area contributed by atoms with Crippen LogP contribution in [-0.4, -0.2) is 21.5 Å². The molecule has 3 nitrogen and oxygen atoms in total. The number of hydrogen-bond donors (Lipinski definition) is 0. The van der Waals surface area contributed by atoms with Gasteiger partial charge in [0.1, 0.15) is 3.70 Å². The van der Waals surface area contributed by atoms with Gasteiger partial charge >= 0.3 is 0 Å². The first-order valence-electron chi connectivity index (χ1n) is 6.06. The number of hydrogen-bond acceptors (Lipinski definition) is 3. The van der Waals surface area contributed by atoms with Crippen LogP contribution in [0.2, 0.25) is 0 Å². The van der Waals surface area contributed by atoms with Crippen LogP contribution in [0.3, 0.4) is 0 Å². The van der Waals surface area contributed by atoms with E-state index in [-0.39, 0.29) is 11.7 Å². The minimum atomic E-state index is -0.108. The minimum Gasteiger partial charge on any atom is -0.371 e. The van der Waals surface area contributed by atoms with E-state index in [1.165, 1.54) is 15.1 Å². The molecule has 1 unspecified atom stereocenters. The van der Waals surface area contributed by atoms with Gasteiger partial charge in [0.2, 0.25) is 0 Å². The maximum absolute atomic E-state index is 5.95. The molecule has 0 saturated carbocycles. The second kappa shape index (κ2) is 5.09. The molecule has 0 fully saturated rings. The first-order chi connectivity index (χ1) is 8.26. The molecular formula is C13H19IN2OS. The first kappa shape index (κ1) is 14.3. The summed E-state index contributed by atoms with van der Waals surface area (Å²) < 4.78 is 10.4. The monoisotopic (exact) mass is 378 g/mol. The van der Waals surface area contributed by atoms with Gasteiger partial charge in [0, 0.05) is 4.88 Å². The lowest BCUT2D eigenvalue weighted by Gasteiger charge is -2.25. The fraction of sp³-hybridized carbons (Fsp3) is 0.615. The zero-order valence-electron chi connectivity index (χ0n) is 11.5. The first-order valence-corrected chi connectivity index (χ1v) is 7.96. The summed E-state index contributed by atoms with van der Waals surface area (Å²) in [4.78, 5) is 1.33. The summed E-state index contributed by atoms with van der Waals surface area (Å²) in [7, 11) is 0. The number of ether oxygens (including phenoxy) is 1. The van der Waals surface area contributed by atoms with Crippen LogP contribution in [0.25, 0.3) is 10.2 Å². The Morgan fingerprint density at radius 2 is 2.17 bits per heavy atom. The second-order valence-electron chi connectivity index (χ2n) is 5.59. The van der Waals surface area contributed by atoms with E-state index in [1.54, 1.807) is 0 Å². The highest BCUT2D eigenvalue weighted by Crippen LogP contribution is 2.29. The minimum absolute atomic E-state index is 0.108. The zero-order valence-corrected chi connectivity index (χ0v) is 14.4. The molecule has 5 heteroatoms. The van der Waals surface area contributed by atoms with Gasteiger partial charge < -0.3 is 4.74 Å². The van der Waals surface area contributed by atoms with E-state index >= 15 is 0 Å². The lowest BCUT2D eigenvalue weighted by molar-refractivity contribution is -0.0582. The molecular weight excluding hydrogens is 359 g/mol. The molecule has 100 valence electrons. The Morgan fingerprint density at radius 3 is 2.78 bits per heavy atom. The number of fused-ring (bicyclic) bond motifs is 1. The largest absolute Gasteiger partial charge is 0.371 e. The van der Waals surface area contributed by atoms with E-state index in [0.29, 0.717) is 0 Å². The highest BCUT2D eigenvalue weighted by molar-refractivity contribution is 14.1. The molecule has 2 heterocycles. The molecule has 0 amide bonds. The SMILES string of the molecule is Cc1cc2c(s1)c(I)nn2CC(C)OC(C)(C)C. The van der Waals surface area contributed by atoms with Crippen molar-refractivity contribution in [2.24, 2.45) is 0 Å². The highest BCUT2D eigenvalue weighted by atomic mass is 127. The van der Waals surface area contributed by atoms with Gasteiger partial charge in [-0.1, -0.05) is 0 Å². The van der Waals surface area contributed by atoms with E-state index in [2.05, 4.69) is 73.1 Å². The molecule has 0 aliphatic rings. The lowest BCUT2D eigenvalue weighted by atomic mass is 10.2. The van der Waals surface area contributed by atoms with Crippen molar-refractivity contribution in [1.29, 1.82) is 0 Å². The van der Waals surface area contributed by atoms with Gasteiger partial charge in [0.05, 0.1) is 28.5 Å². The van der Waals surface area contributed by atoms with Crippen LogP contribution in [0, 0.1) is 10.6 Å². The van der Waals surface area contributed by atoms with E-state index < -0.39 is 0 Å². The van der Waals surface area contributed by atoms with E-state index in [4.69, 9.17) is 4.74 Å². The molecule has 0 aliphatic heterocycles. The Bertz CT molecular complexity index is 553. The van der Waals surface area contributed by atoms with Crippen LogP contribution in [0.15, 0.2) is 6.07 Å². The lowest BCUT2D eigenvalue weighted by Crippen LogP contribution is -2.28. The normalized spacial score (nSPS) is 14.3. The molecule has 1 atom stereocenters. The van der Waals surface area contributed by atoms with E-state index in [0.717, 1.165) is 10.2 Å². The van der Waals surface area contributed by atoms with Gasteiger partial charge in [-0.3, -0.25) is 4.68 Å². The predicted molar refractivity (Wildman–Crippen MR) is 85.4 cm³/mol. The maximum atomic E-state index is 5.95. The Morgan fingerprint density at radius 1 is 1.50 bits per heavy atom. The third-order valence-corrected chi connectivity index (χ3v) is 4.66. The van der Waals surface area contributed by atoms with Crippen molar-refractivity contribution >= 4 is 44.1 Å². The number of aromatic nitrogens is 2. The van der Waals surface area contributed by atoms with E-state index in [9.17, 15) is 0 Å². The predicted octanol–water partition coefficient (Wildman–Crippen LogP) is 4.21. The van der Waals surface area contributed by atoms with Crippen molar-refractivity contribution in [2.45, 2.75) is 52.9 Å². The third-order valence-electron chi connectivity index (χ3n) is 2.49. The van der Waals surface area contributed by atoms with E-state index in [1.807, 2.05) is 11.3 Å². The average molecular weight is 378 g/mol. The molecule has 0 saturated heterocycles. The van der Waals surface area contributed by atoms with Gasteiger partial charge in [0.15, 0.2) is 0 Å². The zero-order chi connectivity index (χ0) is 13.5. The summed E-state index contributed by atoms with van der Waals surface area (Å²) in [6, 6.07) is 2.21. The van der Waals surface area contributed by atoms with Crippen LogP contribution in [0.5, 0.6) is 0 Å². The Kier molecular flexibility index (Phi) is 4.04. The molecule has 2 aromatic heterocycles. The second-order valence-corrected chi connectivity index (χ2v) is 7.86. The molecule has 0 N–H and O–H groups in total. The highest BCUT2D eigenvalue weighted by Gasteiger charge is 2.18. The quantitative estimate of drug-likeness (QED) is 0.748. The average Bonchev–Trinajstić information content (AvgIpc) is 2.65. The third kappa shape index (κ3) is 3.24. The van der Waals surface area contributed by atoms with Crippen LogP contribution >= 0.6 is 33.9 Å². The van der Waals surface area contributed by atoms with Crippen molar-refractivity contribution in [3.63, 3.8) is 0 Å². The molecule has 0 aliphatic carbocycles. The van der Waals surface area contributed by atoms with Crippen molar-refractivity contribution in [2.75, 3.05) is 0 Å². The Labute approximate surface area is 126 Å². The number of nitrogens with zero attached hydrogens (tertiary/aromatic N) is 2. The Balaban J connectivity index is 2.21. The summed E-state index contributed by atoms with van der Waals surface area (Å²) in [5.74, 6) is 0. The summed E-state index contributed by atoms with van der Waals surface area (Å²) >= 11 is 4.11. The summed E-state index contributed by atoms with van der Waals surface area (Å²) in [6.07, 6.45) is 0.157. The van der Waals surface area contributed by atoms with Crippen LogP contribution in [0.1, 0.15) is 32.6 Å². The van der Waals surface area contributed by atoms with Gasteiger partial charge in [-0.15, -0.1) is 11.3 Å². The van der Waals surface area contributed by atoms with Crippen LogP contribution < -0.4 is 0 Å². The number of thiophene rings is 1. The number of halogens is 1. The summed E-state index contributed by atoms with van der Waals surface area (Å²) in [5, 5.41) is 4.59. The van der Waals surface area contributed by atoms with Crippen LogP contribution in [-0.2, 0) is 11.3 Å². The van der Waals surface area contributed by atoms with Crippen molar-refractivity contribution in [3.05, 3.63) is 14.6 Å². The molecule has 0 bridgehead atoms. The van der Waals surface area contributed by atoms with Gasteiger partial charge in [-0.2, -0.15) is 5.10 Å². The maximum Gasteiger partial charge on any atom is 0.141 e. The fourth-order valence-electron chi connectivity index (χ4n) is 2.07. The summed E-state index contributed by atoms with van der Waals surface area (Å²) in [5.41, 5.74) is 1.12. The fourth-order valence-corrected chi connectivity index (χ4v) is 3.82. The van der Waals surface area contributed by atoms with Crippen LogP contribution in [0.4, 0.5) is 0 Å². The summed E-state index contributed by atoms with van der Waals surface area (Å²) in [6.45, 7) is 11.3. The smallest absolute Gasteiger partial charge is 0.141 e.